The van der Waals surface area contributed by atoms with E-state index in [2.05, 4.69) is 5.32 Å². The smallest absolute Gasteiger partial charge is 0.406 e. The van der Waals surface area contributed by atoms with Crippen molar-refractivity contribution in [2.45, 2.75) is 31.6 Å². The highest BCUT2D eigenvalue weighted by atomic mass is 19.4. The Balaban J connectivity index is 2.06. The summed E-state index contributed by atoms with van der Waals surface area (Å²) in [4.78, 5) is 12.9. The minimum Gasteiger partial charge on any atom is -0.467 e. The van der Waals surface area contributed by atoms with Gasteiger partial charge in [-0.25, -0.2) is 0 Å². The van der Waals surface area contributed by atoms with E-state index in [1.165, 1.54) is 6.26 Å². The molecule has 0 saturated carbocycles. The van der Waals surface area contributed by atoms with Crippen molar-refractivity contribution >= 4 is 5.91 Å². The Kier molecular flexibility index (Phi) is 4.14. The summed E-state index contributed by atoms with van der Waals surface area (Å²) >= 11 is 0. The van der Waals surface area contributed by atoms with Crippen molar-refractivity contribution in [3.63, 3.8) is 0 Å². The number of nitrogens with zero attached hydrogens (tertiary/aromatic N) is 1. The normalized spacial score (nSPS) is 19.6. The Morgan fingerprint density at radius 1 is 1.53 bits per heavy atom. The van der Waals surface area contributed by atoms with E-state index in [0.29, 0.717) is 18.7 Å². The fraction of sp³-hybridized carbons (Fsp3) is 0.583. The summed E-state index contributed by atoms with van der Waals surface area (Å²) < 4.78 is 42.6. The Bertz CT molecular complexity index is 411. The Morgan fingerprint density at radius 2 is 2.32 bits per heavy atom. The van der Waals surface area contributed by atoms with Crippen molar-refractivity contribution in [2.24, 2.45) is 0 Å². The van der Waals surface area contributed by atoms with Gasteiger partial charge >= 0.3 is 6.18 Å². The first-order chi connectivity index (χ1) is 8.96. The highest BCUT2D eigenvalue weighted by Crippen LogP contribution is 2.20. The van der Waals surface area contributed by atoms with Crippen LogP contribution in [0, 0.1) is 0 Å². The third kappa shape index (κ3) is 3.99. The molecule has 106 valence electrons. The van der Waals surface area contributed by atoms with Gasteiger partial charge in [-0.3, -0.25) is 4.79 Å². The van der Waals surface area contributed by atoms with Crippen LogP contribution < -0.4 is 5.32 Å². The van der Waals surface area contributed by atoms with Crippen LogP contribution in [-0.4, -0.2) is 36.1 Å². The number of halogens is 3. The van der Waals surface area contributed by atoms with E-state index in [9.17, 15) is 18.0 Å². The van der Waals surface area contributed by atoms with Crippen LogP contribution in [-0.2, 0) is 11.3 Å². The lowest BCUT2D eigenvalue weighted by Crippen LogP contribution is -2.46. The lowest BCUT2D eigenvalue weighted by atomic mass is 10.2. The second-order valence-electron chi connectivity index (χ2n) is 4.54. The van der Waals surface area contributed by atoms with Gasteiger partial charge in [0.05, 0.1) is 18.8 Å². The standard InChI is InChI=1S/C12H15F3N2O2/c13-12(14,15)8-17(7-9-3-2-6-19-9)11(18)10-4-1-5-16-10/h2-3,6,10,16H,1,4-5,7-8H2/t10-/m0/s1. The van der Waals surface area contributed by atoms with Crippen molar-refractivity contribution in [1.82, 2.24) is 10.2 Å². The first kappa shape index (κ1) is 13.9. The summed E-state index contributed by atoms with van der Waals surface area (Å²) in [6, 6.07) is 2.62. The van der Waals surface area contributed by atoms with E-state index < -0.39 is 24.7 Å². The highest BCUT2D eigenvalue weighted by Gasteiger charge is 2.36. The number of hydrogen-bond donors (Lipinski definition) is 1. The maximum Gasteiger partial charge on any atom is 0.406 e. The molecular weight excluding hydrogens is 261 g/mol. The monoisotopic (exact) mass is 276 g/mol. The molecule has 7 heteroatoms. The number of amides is 1. The first-order valence-corrected chi connectivity index (χ1v) is 6.07. The molecule has 1 atom stereocenters. The highest BCUT2D eigenvalue weighted by molar-refractivity contribution is 5.82. The molecule has 0 unspecified atom stereocenters. The van der Waals surface area contributed by atoms with Gasteiger partial charge in [-0.2, -0.15) is 13.2 Å². The molecule has 1 fully saturated rings. The molecule has 0 aromatic carbocycles. The Hall–Kier alpha value is -1.50. The average molecular weight is 276 g/mol. The van der Waals surface area contributed by atoms with Crippen molar-refractivity contribution in [3.8, 4) is 0 Å². The molecule has 1 aromatic heterocycles. The average Bonchev–Trinajstić information content (AvgIpc) is 2.98. The minimum atomic E-state index is -4.42. The third-order valence-corrected chi connectivity index (χ3v) is 2.97. The molecule has 4 nitrogen and oxygen atoms in total. The molecule has 0 radical (unpaired) electrons. The number of rotatable bonds is 4. The van der Waals surface area contributed by atoms with Gasteiger partial charge in [0.2, 0.25) is 5.91 Å². The maximum atomic E-state index is 12.5. The van der Waals surface area contributed by atoms with Crippen LogP contribution in [0.15, 0.2) is 22.8 Å². The summed E-state index contributed by atoms with van der Waals surface area (Å²) in [5.41, 5.74) is 0. The van der Waals surface area contributed by atoms with Gasteiger partial charge in [0.15, 0.2) is 0 Å². The fourth-order valence-electron chi connectivity index (χ4n) is 2.13. The predicted molar refractivity (Wildman–Crippen MR) is 61.2 cm³/mol. The Labute approximate surface area is 108 Å². The molecule has 0 bridgehead atoms. The topological polar surface area (TPSA) is 45.5 Å². The van der Waals surface area contributed by atoms with E-state index in [1.54, 1.807) is 12.1 Å². The SMILES string of the molecule is O=C([C@@H]1CCCN1)N(Cc1ccco1)CC(F)(F)F. The van der Waals surface area contributed by atoms with Gasteiger partial charge in [0.25, 0.3) is 0 Å². The summed E-state index contributed by atoms with van der Waals surface area (Å²) in [5, 5.41) is 2.91. The molecule has 1 aliphatic heterocycles. The van der Waals surface area contributed by atoms with Crippen LogP contribution in [0.1, 0.15) is 18.6 Å². The molecule has 1 amide bonds. The zero-order valence-corrected chi connectivity index (χ0v) is 10.2. The number of carbonyl (C=O) groups is 1. The first-order valence-electron chi connectivity index (χ1n) is 6.07. The van der Waals surface area contributed by atoms with Crippen LogP contribution in [0.2, 0.25) is 0 Å². The van der Waals surface area contributed by atoms with E-state index >= 15 is 0 Å². The molecular formula is C12H15F3N2O2. The summed E-state index contributed by atoms with van der Waals surface area (Å²) in [6.07, 6.45) is -1.66. The van der Waals surface area contributed by atoms with Crippen LogP contribution in [0.3, 0.4) is 0 Å². The summed E-state index contributed by atoms with van der Waals surface area (Å²) in [5.74, 6) is -0.179. The van der Waals surface area contributed by atoms with E-state index in [1.807, 2.05) is 0 Å². The second-order valence-corrected chi connectivity index (χ2v) is 4.54. The minimum absolute atomic E-state index is 0.163. The number of nitrogens with one attached hydrogen (secondary N) is 1. The van der Waals surface area contributed by atoms with Gasteiger partial charge in [0.1, 0.15) is 12.3 Å². The van der Waals surface area contributed by atoms with Crippen molar-refractivity contribution < 1.29 is 22.4 Å². The van der Waals surface area contributed by atoms with Crippen LogP contribution in [0.5, 0.6) is 0 Å². The largest absolute Gasteiger partial charge is 0.467 e. The third-order valence-electron chi connectivity index (χ3n) is 2.97. The second kappa shape index (κ2) is 5.64. The zero-order valence-electron chi connectivity index (χ0n) is 10.2. The lowest BCUT2D eigenvalue weighted by molar-refractivity contribution is -0.163. The van der Waals surface area contributed by atoms with Crippen molar-refractivity contribution in [3.05, 3.63) is 24.2 Å². The van der Waals surface area contributed by atoms with E-state index in [-0.39, 0.29) is 6.54 Å². The predicted octanol–water partition coefficient (Wildman–Crippen LogP) is 1.92. The fourth-order valence-corrected chi connectivity index (χ4v) is 2.13. The summed E-state index contributed by atoms with van der Waals surface area (Å²) in [7, 11) is 0. The van der Waals surface area contributed by atoms with E-state index in [4.69, 9.17) is 4.42 Å². The van der Waals surface area contributed by atoms with Gasteiger partial charge in [-0.15, -0.1) is 0 Å². The molecule has 1 N–H and O–H groups in total. The van der Waals surface area contributed by atoms with Gasteiger partial charge in [-0.05, 0) is 31.5 Å². The zero-order chi connectivity index (χ0) is 13.9. The molecule has 0 spiro atoms. The lowest BCUT2D eigenvalue weighted by Gasteiger charge is -2.25. The van der Waals surface area contributed by atoms with E-state index in [0.717, 1.165) is 11.3 Å². The summed E-state index contributed by atoms with van der Waals surface area (Å²) in [6.45, 7) is -0.759. The number of carbonyl (C=O) groups excluding carboxylic acids is 1. The molecule has 1 aliphatic rings. The van der Waals surface area contributed by atoms with Gasteiger partial charge in [0, 0.05) is 0 Å². The molecule has 2 rings (SSSR count). The van der Waals surface area contributed by atoms with Gasteiger partial charge < -0.3 is 14.6 Å². The van der Waals surface area contributed by atoms with Gasteiger partial charge in [-0.1, -0.05) is 0 Å². The van der Waals surface area contributed by atoms with Crippen molar-refractivity contribution in [2.75, 3.05) is 13.1 Å². The maximum absolute atomic E-state index is 12.5. The molecule has 19 heavy (non-hydrogen) atoms. The Morgan fingerprint density at radius 3 is 2.84 bits per heavy atom. The quantitative estimate of drug-likeness (QED) is 0.914. The number of hydrogen-bond acceptors (Lipinski definition) is 3. The van der Waals surface area contributed by atoms with Crippen molar-refractivity contribution in [1.29, 1.82) is 0 Å². The van der Waals surface area contributed by atoms with Crippen LogP contribution >= 0.6 is 0 Å². The number of alkyl halides is 3. The van der Waals surface area contributed by atoms with Crippen LogP contribution in [0.25, 0.3) is 0 Å². The molecule has 1 aromatic rings. The molecule has 1 saturated heterocycles. The molecule has 0 aliphatic carbocycles. The number of furan rings is 1. The molecule has 2 heterocycles. The van der Waals surface area contributed by atoms with Crippen LogP contribution in [0.4, 0.5) is 13.2 Å².